The van der Waals surface area contributed by atoms with E-state index in [9.17, 15) is 4.79 Å². The number of rotatable bonds is 23. The summed E-state index contributed by atoms with van der Waals surface area (Å²) in [6, 6.07) is 0. The lowest BCUT2D eigenvalue weighted by atomic mass is 9.84. The quantitative estimate of drug-likeness (QED) is 0.124. The zero-order valence-corrected chi connectivity index (χ0v) is 22.5. The molecule has 0 aromatic rings. The third-order valence-electron chi connectivity index (χ3n) is 7.00. The molecule has 0 aromatic heterocycles. The van der Waals surface area contributed by atoms with Crippen LogP contribution in [0.4, 0.5) is 0 Å². The Morgan fingerprint density at radius 3 is 1.59 bits per heavy atom. The van der Waals surface area contributed by atoms with Crippen molar-refractivity contribution in [2.75, 3.05) is 0 Å². The third kappa shape index (κ3) is 21.1. The number of carboxylic acids is 1. The summed E-state index contributed by atoms with van der Waals surface area (Å²) < 4.78 is 0. The molecule has 4 unspecified atom stereocenters. The molecule has 0 spiro atoms. The van der Waals surface area contributed by atoms with Gasteiger partial charge in [0, 0.05) is 0 Å². The molecule has 0 aliphatic heterocycles. The summed E-state index contributed by atoms with van der Waals surface area (Å²) in [6.07, 6.45) is 28.7. The van der Waals surface area contributed by atoms with Gasteiger partial charge in [-0.25, -0.2) is 0 Å². The minimum Gasteiger partial charge on any atom is -0.481 e. The van der Waals surface area contributed by atoms with E-state index in [4.69, 9.17) is 5.11 Å². The van der Waals surface area contributed by atoms with E-state index in [2.05, 4.69) is 39.8 Å². The first kappa shape index (κ1) is 31.2. The van der Waals surface area contributed by atoms with Gasteiger partial charge in [-0.05, 0) is 62.7 Å². The fraction of sp³-hybridized carbons (Fsp3) is 0.900. The number of hydrogen-bond donors (Lipinski definition) is 1. The van der Waals surface area contributed by atoms with Crippen LogP contribution < -0.4 is 0 Å². The predicted molar refractivity (Wildman–Crippen MR) is 142 cm³/mol. The fourth-order valence-corrected chi connectivity index (χ4v) is 5.13. The Kier molecular flexibility index (Phi) is 21.5. The Labute approximate surface area is 202 Å². The van der Waals surface area contributed by atoms with Crippen LogP contribution in [0, 0.1) is 23.7 Å². The van der Waals surface area contributed by atoms with Crippen molar-refractivity contribution in [1.29, 1.82) is 0 Å². The number of carboxylic acid groups (broad SMARTS) is 1. The van der Waals surface area contributed by atoms with Gasteiger partial charge < -0.3 is 5.11 Å². The van der Waals surface area contributed by atoms with E-state index in [1.165, 1.54) is 103 Å². The van der Waals surface area contributed by atoms with Crippen LogP contribution in [0.1, 0.15) is 150 Å². The molecular formula is C30H58O2. The summed E-state index contributed by atoms with van der Waals surface area (Å²) in [4.78, 5) is 11.0. The Morgan fingerprint density at radius 2 is 1.06 bits per heavy atom. The highest BCUT2D eigenvalue weighted by atomic mass is 16.4. The second-order valence-corrected chi connectivity index (χ2v) is 11.0. The van der Waals surface area contributed by atoms with Crippen LogP contribution in [0.2, 0.25) is 0 Å². The van der Waals surface area contributed by atoms with E-state index in [0.29, 0.717) is 11.8 Å². The van der Waals surface area contributed by atoms with E-state index < -0.39 is 5.97 Å². The van der Waals surface area contributed by atoms with E-state index in [1.54, 1.807) is 0 Å². The molecule has 0 aromatic carbocycles. The fourth-order valence-electron chi connectivity index (χ4n) is 5.13. The molecule has 0 bridgehead atoms. The van der Waals surface area contributed by atoms with Crippen molar-refractivity contribution in [3.05, 3.63) is 12.2 Å². The molecule has 0 saturated carbocycles. The molecule has 0 saturated heterocycles. The number of unbranched alkanes of at least 4 members (excludes halogenated alkanes) is 12. The topological polar surface area (TPSA) is 37.3 Å². The molecule has 0 fully saturated rings. The zero-order valence-electron chi connectivity index (χ0n) is 22.5. The number of aliphatic carboxylic acids is 1. The van der Waals surface area contributed by atoms with Gasteiger partial charge in [-0.3, -0.25) is 4.79 Å². The van der Waals surface area contributed by atoms with E-state index in [-0.39, 0.29) is 5.92 Å². The van der Waals surface area contributed by atoms with Crippen molar-refractivity contribution in [2.45, 2.75) is 150 Å². The normalized spacial score (nSPS) is 15.7. The molecule has 4 atom stereocenters. The van der Waals surface area contributed by atoms with Crippen LogP contribution in [0.5, 0.6) is 0 Å². The predicted octanol–water partition coefficient (Wildman–Crippen LogP) is 10.2. The summed E-state index contributed by atoms with van der Waals surface area (Å²) >= 11 is 0. The minimum atomic E-state index is -0.654. The standard InChI is InChI=1S/C30H58O2/c1-6-7-8-9-10-11-12-13-14-15-16-17-18-19-20-21-22-26(2)23-27(3)24-28(4)25-29(5)30(31)32/h11-12,26-29H,6-10,13-25H2,1-5H3,(H,31,32). The first-order valence-electron chi connectivity index (χ1n) is 14.2. The summed E-state index contributed by atoms with van der Waals surface area (Å²) in [5.41, 5.74) is 0. The first-order valence-corrected chi connectivity index (χ1v) is 14.2. The lowest BCUT2D eigenvalue weighted by Crippen LogP contribution is -2.15. The SMILES string of the molecule is CCCCCCC=CCCCCCCCCCCC(C)CC(C)CC(C)CC(C)C(=O)O. The van der Waals surface area contributed by atoms with Crippen LogP contribution in [0.3, 0.4) is 0 Å². The molecule has 2 nitrogen and oxygen atoms in total. The van der Waals surface area contributed by atoms with Crippen LogP contribution in [-0.2, 0) is 4.79 Å². The van der Waals surface area contributed by atoms with Gasteiger partial charge in [0.1, 0.15) is 0 Å². The maximum atomic E-state index is 11.0. The highest BCUT2D eigenvalue weighted by molar-refractivity contribution is 5.69. The molecule has 1 N–H and O–H groups in total. The monoisotopic (exact) mass is 450 g/mol. The average Bonchev–Trinajstić information content (AvgIpc) is 2.73. The van der Waals surface area contributed by atoms with Gasteiger partial charge in [-0.2, -0.15) is 0 Å². The van der Waals surface area contributed by atoms with E-state index >= 15 is 0 Å². The van der Waals surface area contributed by atoms with Gasteiger partial charge in [0.15, 0.2) is 0 Å². The summed E-state index contributed by atoms with van der Waals surface area (Å²) in [6.45, 7) is 11.1. The lowest BCUT2D eigenvalue weighted by Gasteiger charge is -2.21. The Morgan fingerprint density at radius 1 is 0.625 bits per heavy atom. The Balaban J connectivity index is 3.47. The van der Waals surface area contributed by atoms with Crippen LogP contribution in [-0.4, -0.2) is 11.1 Å². The van der Waals surface area contributed by atoms with Gasteiger partial charge in [-0.1, -0.05) is 117 Å². The molecule has 0 amide bonds. The molecule has 0 aliphatic carbocycles. The highest BCUT2D eigenvalue weighted by Crippen LogP contribution is 2.26. The number of carbonyl (C=O) groups is 1. The summed E-state index contributed by atoms with van der Waals surface area (Å²) in [7, 11) is 0. The highest BCUT2D eigenvalue weighted by Gasteiger charge is 2.18. The molecule has 190 valence electrons. The second kappa shape index (κ2) is 22.0. The van der Waals surface area contributed by atoms with Crippen molar-refractivity contribution in [1.82, 2.24) is 0 Å². The number of allylic oxidation sites excluding steroid dienone is 2. The van der Waals surface area contributed by atoms with E-state index in [1.807, 2.05) is 6.92 Å². The Bertz CT molecular complexity index is 442. The lowest BCUT2D eigenvalue weighted by molar-refractivity contribution is -0.141. The second-order valence-electron chi connectivity index (χ2n) is 11.0. The van der Waals surface area contributed by atoms with Gasteiger partial charge in [0.2, 0.25) is 0 Å². The van der Waals surface area contributed by atoms with E-state index in [0.717, 1.165) is 18.8 Å². The maximum Gasteiger partial charge on any atom is 0.306 e. The molecule has 2 heteroatoms. The van der Waals surface area contributed by atoms with Gasteiger partial charge in [0.25, 0.3) is 0 Å². The molecule has 0 radical (unpaired) electrons. The average molecular weight is 451 g/mol. The van der Waals surface area contributed by atoms with Crippen LogP contribution >= 0.6 is 0 Å². The van der Waals surface area contributed by atoms with Crippen molar-refractivity contribution in [3.63, 3.8) is 0 Å². The summed E-state index contributed by atoms with van der Waals surface area (Å²) in [5, 5.41) is 9.08. The van der Waals surface area contributed by atoms with Crippen molar-refractivity contribution in [2.24, 2.45) is 23.7 Å². The molecule has 0 rings (SSSR count). The van der Waals surface area contributed by atoms with Crippen molar-refractivity contribution >= 4 is 5.97 Å². The molecule has 0 heterocycles. The number of hydrogen-bond acceptors (Lipinski definition) is 1. The third-order valence-corrected chi connectivity index (χ3v) is 7.00. The minimum absolute atomic E-state index is 0.212. The molecular weight excluding hydrogens is 392 g/mol. The van der Waals surface area contributed by atoms with Crippen molar-refractivity contribution < 1.29 is 9.90 Å². The smallest absolute Gasteiger partial charge is 0.306 e. The van der Waals surface area contributed by atoms with Crippen molar-refractivity contribution in [3.8, 4) is 0 Å². The maximum absolute atomic E-state index is 11.0. The van der Waals surface area contributed by atoms with Crippen LogP contribution in [0.15, 0.2) is 12.2 Å². The molecule has 0 aliphatic rings. The summed E-state index contributed by atoms with van der Waals surface area (Å²) in [5.74, 6) is 1.15. The molecule has 32 heavy (non-hydrogen) atoms. The zero-order chi connectivity index (χ0) is 24.0. The first-order chi connectivity index (χ1) is 15.4. The Hall–Kier alpha value is -0.790. The van der Waals surface area contributed by atoms with Crippen LogP contribution in [0.25, 0.3) is 0 Å². The largest absolute Gasteiger partial charge is 0.481 e. The van der Waals surface area contributed by atoms with Gasteiger partial charge >= 0.3 is 5.97 Å². The van der Waals surface area contributed by atoms with Gasteiger partial charge in [0.05, 0.1) is 5.92 Å². The van der Waals surface area contributed by atoms with Gasteiger partial charge in [-0.15, -0.1) is 0 Å².